The van der Waals surface area contributed by atoms with Crippen molar-refractivity contribution in [1.29, 1.82) is 0 Å². The van der Waals surface area contributed by atoms with Crippen LogP contribution in [0.15, 0.2) is 126 Å². The van der Waals surface area contributed by atoms with Crippen LogP contribution < -0.4 is 0 Å². The summed E-state index contributed by atoms with van der Waals surface area (Å²) >= 11 is 0. The highest BCUT2D eigenvalue weighted by Gasteiger charge is 2.49. The Morgan fingerprint density at radius 2 is 0.977 bits per heavy atom. The molecule has 0 N–H and O–H groups in total. The van der Waals surface area contributed by atoms with Gasteiger partial charge in [0, 0.05) is 14.0 Å². The van der Waals surface area contributed by atoms with Crippen molar-refractivity contribution in [2.45, 2.75) is 64.1 Å². The van der Waals surface area contributed by atoms with E-state index in [9.17, 15) is 0 Å². The number of nitrogens with zero attached hydrogens (tertiary/aromatic N) is 1. The largest absolute Gasteiger partial charge is 0.449 e. The van der Waals surface area contributed by atoms with Crippen LogP contribution in [0.4, 0.5) is 0 Å². The highest BCUT2D eigenvalue weighted by atomic mass is 16.7. The first-order valence-corrected chi connectivity index (χ1v) is 15.0. The van der Waals surface area contributed by atoms with E-state index in [1.807, 2.05) is 121 Å². The van der Waals surface area contributed by atoms with Gasteiger partial charge in [0.2, 0.25) is 6.29 Å². The van der Waals surface area contributed by atoms with Gasteiger partial charge in [0.05, 0.1) is 33.0 Å². The fourth-order valence-corrected chi connectivity index (χ4v) is 5.06. The number of aliphatic imine (C=N–C) groups is 1. The lowest BCUT2D eigenvalue weighted by Crippen LogP contribution is -2.62. The van der Waals surface area contributed by atoms with Gasteiger partial charge in [-0.25, -0.2) is 0 Å². The van der Waals surface area contributed by atoms with Crippen LogP contribution in [0.5, 0.6) is 0 Å². The van der Waals surface area contributed by atoms with Gasteiger partial charge in [-0.15, -0.1) is 0 Å². The van der Waals surface area contributed by atoms with Crippen LogP contribution in [0.1, 0.15) is 29.2 Å². The molecule has 1 heterocycles. The summed E-state index contributed by atoms with van der Waals surface area (Å²) in [5.41, 5.74) is 4.20. The van der Waals surface area contributed by atoms with Gasteiger partial charge in [-0.1, -0.05) is 121 Å². The standard InChI is InChI=1S/C37H41NO6/c1-28(38-2)43-37-36(42-26-32-21-13-6-14-22-32)35(41-25-31-19-11-5-12-20-31)34(40-24-30-17-9-4-10-18-30)33(44-37)27-39-23-29-15-7-3-8-16-29/h3-22,33-37H,23-27H2,1-2H3/t33-,34+,35+,36-,37-/m1/s1. The number of benzene rings is 4. The summed E-state index contributed by atoms with van der Waals surface area (Å²) in [6.45, 7) is 3.61. The van der Waals surface area contributed by atoms with Gasteiger partial charge in [-0.2, -0.15) is 0 Å². The quantitative estimate of drug-likeness (QED) is 0.119. The van der Waals surface area contributed by atoms with Gasteiger partial charge in [-0.05, 0) is 22.3 Å². The molecule has 0 aliphatic carbocycles. The molecule has 4 aromatic rings. The van der Waals surface area contributed by atoms with E-state index < -0.39 is 30.7 Å². The number of hydrogen-bond acceptors (Lipinski definition) is 7. The van der Waals surface area contributed by atoms with Crippen LogP contribution >= 0.6 is 0 Å². The fourth-order valence-electron chi connectivity index (χ4n) is 5.06. The molecule has 1 aliphatic rings. The molecule has 0 saturated carbocycles. The van der Waals surface area contributed by atoms with Gasteiger partial charge < -0.3 is 28.4 Å². The Balaban J connectivity index is 1.44. The summed E-state index contributed by atoms with van der Waals surface area (Å²) in [5, 5.41) is 0. The molecule has 0 radical (unpaired) electrons. The second kappa shape index (κ2) is 16.9. The molecule has 0 aromatic heterocycles. The maximum atomic E-state index is 6.71. The van der Waals surface area contributed by atoms with E-state index in [0.717, 1.165) is 22.3 Å². The maximum Gasteiger partial charge on any atom is 0.230 e. The van der Waals surface area contributed by atoms with Crippen molar-refractivity contribution in [3.63, 3.8) is 0 Å². The summed E-state index contributed by atoms with van der Waals surface area (Å²) in [6.07, 6.45) is -2.99. The van der Waals surface area contributed by atoms with Crippen LogP contribution in [0.2, 0.25) is 0 Å². The molecule has 1 saturated heterocycles. The average Bonchev–Trinajstić information content (AvgIpc) is 3.08. The summed E-state index contributed by atoms with van der Waals surface area (Å²) in [5.74, 6) is 0.484. The Hall–Kier alpha value is -3.85. The first-order chi connectivity index (χ1) is 21.7. The summed E-state index contributed by atoms with van der Waals surface area (Å²) in [4.78, 5) is 4.23. The molecule has 44 heavy (non-hydrogen) atoms. The molecular weight excluding hydrogens is 554 g/mol. The molecule has 1 aliphatic heterocycles. The molecule has 0 bridgehead atoms. The van der Waals surface area contributed by atoms with Crippen molar-refractivity contribution >= 4 is 5.90 Å². The average molecular weight is 596 g/mol. The number of rotatable bonds is 14. The normalized spacial score (nSPS) is 22.0. The second-order valence-electron chi connectivity index (χ2n) is 10.7. The minimum absolute atomic E-state index is 0.271. The highest BCUT2D eigenvalue weighted by molar-refractivity contribution is 5.73. The minimum atomic E-state index is -0.801. The Morgan fingerprint density at radius 1 is 0.568 bits per heavy atom. The van der Waals surface area contributed by atoms with Crippen molar-refractivity contribution in [3.05, 3.63) is 144 Å². The third kappa shape index (κ3) is 9.32. The van der Waals surface area contributed by atoms with E-state index >= 15 is 0 Å². The van der Waals surface area contributed by atoms with Crippen LogP contribution in [-0.2, 0) is 54.8 Å². The number of hydrogen-bond donors (Lipinski definition) is 0. The van der Waals surface area contributed by atoms with Gasteiger partial charge in [-0.3, -0.25) is 4.99 Å². The van der Waals surface area contributed by atoms with Crippen LogP contribution in [0, 0.1) is 0 Å². The molecule has 7 heteroatoms. The first kappa shape index (κ1) is 31.6. The van der Waals surface area contributed by atoms with E-state index in [2.05, 4.69) is 4.99 Å². The van der Waals surface area contributed by atoms with E-state index in [-0.39, 0.29) is 6.61 Å². The van der Waals surface area contributed by atoms with Crippen molar-refractivity contribution in [1.82, 2.24) is 0 Å². The fraction of sp³-hybridized carbons (Fsp3) is 0.324. The molecule has 230 valence electrons. The molecule has 0 unspecified atom stereocenters. The SMILES string of the molecule is CN=C(C)O[C@@H]1O[C@H](COCc2ccccc2)[C@H](OCc2ccccc2)[C@H](OCc2ccccc2)[C@H]1OCc1ccccc1. The van der Waals surface area contributed by atoms with Gasteiger partial charge in [0.25, 0.3) is 0 Å². The summed E-state index contributed by atoms with van der Waals surface area (Å²) in [6, 6.07) is 40.3. The molecule has 5 atom stereocenters. The van der Waals surface area contributed by atoms with E-state index in [1.165, 1.54) is 0 Å². The van der Waals surface area contributed by atoms with Crippen LogP contribution in [0.3, 0.4) is 0 Å². The van der Waals surface area contributed by atoms with Crippen molar-refractivity contribution in [3.8, 4) is 0 Å². The molecule has 5 rings (SSSR count). The monoisotopic (exact) mass is 595 g/mol. The lowest BCUT2D eigenvalue weighted by molar-refractivity contribution is -0.313. The van der Waals surface area contributed by atoms with Crippen LogP contribution in [-0.4, -0.2) is 50.3 Å². The predicted octanol–water partition coefficient (Wildman–Crippen LogP) is 6.75. The summed E-state index contributed by atoms with van der Waals surface area (Å²) < 4.78 is 39.0. The van der Waals surface area contributed by atoms with E-state index in [0.29, 0.717) is 32.3 Å². The minimum Gasteiger partial charge on any atom is -0.449 e. The zero-order chi connectivity index (χ0) is 30.4. The van der Waals surface area contributed by atoms with Gasteiger partial charge in [0.15, 0.2) is 5.90 Å². The second-order valence-corrected chi connectivity index (χ2v) is 10.7. The summed E-state index contributed by atoms with van der Waals surface area (Å²) in [7, 11) is 1.69. The van der Waals surface area contributed by atoms with Gasteiger partial charge >= 0.3 is 0 Å². The molecular formula is C37H41NO6. The zero-order valence-electron chi connectivity index (χ0n) is 25.4. The molecule has 1 fully saturated rings. The third-order valence-corrected chi connectivity index (χ3v) is 7.44. The lowest BCUT2D eigenvalue weighted by atomic mass is 9.97. The van der Waals surface area contributed by atoms with Crippen LogP contribution in [0.25, 0.3) is 0 Å². The smallest absolute Gasteiger partial charge is 0.230 e. The van der Waals surface area contributed by atoms with Crippen molar-refractivity contribution < 1.29 is 28.4 Å². The molecule has 4 aromatic carbocycles. The van der Waals surface area contributed by atoms with E-state index in [1.54, 1.807) is 14.0 Å². The topological polar surface area (TPSA) is 67.7 Å². The lowest BCUT2D eigenvalue weighted by Gasteiger charge is -2.45. The maximum absolute atomic E-state index is 6.71. The predicted molar refractivity (Wildman–Crippen MR) is 170 cm³/mol. The molecule has 0 amide bonds. The Kier molecular flexibility index (Phi) is 12.1. The van der Waals surface area contributed by atoms with Gasteiger partial charge in [0.1, 0.15) is 24.4 Å². The first-order valence-electron chi connectivity index (χ1n) is 15.0. The molecule has 0 spiro atoms. The Bertz CT molecular complexity index is 1390. The molecule has 7 nitrogen and oxygen atoms in total. The van der Waals surface area contributed by atoms with Crippen molar-refractivity contribution in [2.75, 3.05) is 13.7 Å². The Labute approximate surface area is 260 Å². The number of ether oxygens (including phenoxy) is 6. The van der Waals surface area contributed by atoms with E-state index in [4.69, 9.17) is 28.4 Å². The zero-order valence-corrected chi connectivity index (χ0v) is 25.4. The van der Waals surface area contributed by atoms with Crippen molar-refractivity contribution in [2.24, 2.45) is 4.99 Å². The Morgan fingerprint density at radius 3 is 1.43 bits per heavy atom. The highest BCUT2D eigenvalue weighted by Crippen LogP contribution is 2.32. The third-order valence-electron chi connectivity index (χ3n) is 7.44.